The van der Waals surface area contributed by atoms with Crippen molar-refractivity contribution in [3.63, 3.8) is 0 Å². The smallest absolute Gasteiger partial charge is 0.150 e. The van der Waals surface area contributed by atoms with Gasteiger partial charge in [-0.25, -0.2) is 0 Å². The molecule has 2 nitrogen and oxygen atoms in total. The summed E-state index contributed by atoms with van der Waals surface area (Å²) in [4.78, 5) is 13.3. The SMILES string of the molecule is O=Cc1ccc(N2c3ccc(I)cc3C=Cc3cc(I)ccc32)cc1. The Morgan fingerprint density at radius 1 is 0.720 bits per heavy atom. The molecule has 0 N–H and O–H groups in total. The van der Waals surface area contributed by atoms with Crippen molar-refractivity contribution in [3.05, 3.63) is 84.5 Å². The summed E-state index contributed by atoms with van der Waals surface area (Å²) in [5.74, 6) is 0. The number of hydrogen-bond donors (Lipinski definition) is 0. The minimum Gasteiger partial charge on any atom is -0.309 e. The number of nitrogens with zero attached hydrogens (tertiary/aromatic N) is 1. The molecule has 25 heavy (non-hydrogen) atoms. The van der Waals surface area contributed by atoms with E-state index in [0.29, 0.717) is 5.56 Å². The highest BCUT2D eigenvalue weighted by Crippen LogP contribution is 2.42. The van der Waals surface area contributed by atoms with Gasteiger partial charge in [0.2, 0.25) is 0 Å². The largest absolute Gasteiger partial charge is 0.309 e. The Hall–Kier alpha value is -1.67. The van der Waals surface area contributed by atoms with Crippen molar-refractivity contribution in [2.45, 2.75) is 0 Å². The van der Waals surface area contributed by atoms with Gasteiger partial charge in [0.05, 0.1) is 11.4 Å². The summed E-state index contributed by atoms with van der Waals surface area (Å²) in [5, 5.41) is 0. The third-order valence-electron chi connectivity index (χ3n) is 4.19. The Labute approximate surface area is 173 Å². The minimum absolute atomic E-state index is 0.683. The molecule has 0 aromatic heterocycles. The number of fused-ring (bicyclic) bond motifs is 2. The van der Waals surface area contributed by atoms with Crippen molar-refractivity contribution in [1.82, 2.24) is 0 Å². The first-order chi connectivity index (χ1) is 12.2. The average Bonchev–Trinajstić information content (AvgIpc) is 2.78. The summed E-state index contributed by atoms with van der Waals surface area (Å²) in [6, 6.07) is 20.7. The first-order valence-electron chi connectivity index (χ1n) is 7.78. The van der Waals surface area contributed by atoms with Gasteiger partial charge in [-0.2, -0.15) is 0 Å². The molecule has 4 heteroatoms. The van der Waals surface area contributed by atoms with Crippen LogP contribution >= 0.6 is 45.2 Å². The standard InChI is InChI=1S/C21H13I2NO/c22-17-5-9-20-15(11-17)3-4-16-12-18(23)6-10-21(16)24(20)19-7-1-14(13-25)2-8-19/h1-13H. The molecular formula is C21H13I2NO. The zero-order chi connectivity index (χ0) is 17.4. The Morgan fingerprint density at radius 2 is 1.24 bits per heavy atom. The molecule has 1 aliphatic heterocycles. The number of hydrogen-bond acceptors (Lipinski definition) is 2. The molecule has 122 valence electrons. The van der Waals surface area contributed by atoms with E-state index in [9.17, 15) is 4.79 Å². The van der Waals surface area contributed by atoms with Gasteiger partial charge in [-0.1, -0.05) is 12.2 Å². The van der Waals surface area contributed by atoms with E-state index >= 15 is 0 Å². The number of rotatable bonds is 2. The summed E-state index contributed by atoms with van der Waals surface area (Å²) in [6.07, 6.45) is 5.22. The van der Waals surface area contributed by atoms with E-state index in [0.717, 1.165) is 23.3 Å². The van der Waals surface area contributed by atoms with Gasteiger partial charge in [-0.15, -0.1) is 0 Å². The first kappa shape index (κ1) is 16.8. The molecule has 3 aromatic rings. The summed E-state index contributed by atoms with van der Waals surface area (Å²) in [6.45, 7) is 0. The lowest BCUT2D eigenvalue weighted by Gasteiger charge is -2.27. The van der Waals surface area contributed by atoms with Crippen molar-refractivity contribution in [3.8, 4) is 0 Å². The van der Waals surface area contributed by atoms with Crippen molar-refractivity contribution >= 4 is 80.7 Å². The predicted octanol–water partition coefficient (Wildman–Crippen LogP) is 6.66. The van der Waals surface area contributed by atoms with E-state index in [1.807, 2.05) is 24.3 Å². The maximum atomic E-state index is 11.0. The minimum atomic E-state index is 0.683. The molecule has 0 unspecified atom stereocenters. The molecule has 0 atom stereocenters. The van der Waals surface area contributed by atoms with Crippen LogP contribution in [-0.4, -0.2) is 6.29 Å². The molecule has 0 amide bonds. The molecule has 1 heterocycles. The molecule has 0 spiro atoms. The maximum Gasteiger partial charge on any atom is 0.150 e. The van der Waals surface area contributed by atoms with E-state index in [1.165, 1.54) is 18.3 Å². The van der Waals surface area contributed by atoms with E-state index in [2.05, 4.69) is 98.6 Å². The molecule has 0 saturated heterocycles. The van der Waals surface area contributed by atoms with Crippen LogP contribution in [0, 0.1) is 7.14 Å². The van der Waals surface area contributed by atoms with Crippen molar-refractivity contribution in [2.24, 2.45) is 0 Å². The van der Waals surface area contributed by atoms with E-state index < -0.39 is 0 Å². The summed E-state index contributed by atoms with van der Waals surface area (Å²) in [7, 11) is 0. The second-order valence-electron chi connectivity index (χ2n) is 5.78. The third kappa shape index (κ3) is 3.25. The Balaban J connectivity index is 1.97. The van der Waals surface area contributed by atoms with Gasteiger partial charge < -0.3 is 4.90 Å². The zero-order valence-corrected chi connectivity index (χ0v) is 17.4. The molecule has 3 aromatic carbocycles. The average molecular weight is 549 g/mol. The molecule has 0 bridgehead atoms. The van der Waals surface area contributed by atoms with Gasteiger partial charge in [0.25, 0.3) is 0 Å². The number of benzene rings is 3. The van der Waals surface area contributed by atoms with Crippen LogP contribution in [0.15, 0.2) is 60.7 Å². The molecule has 0 aliphatic carbocycles. The van der Waals surface area contributed by atoms with Gasteiger partial charge in [0, 0.05) is 18.4 Å². The lowest BCUT2D eigenvalue weighted by molar-refractivity contribution is 0.112. The number of carbonyl (C=O) groups excluding carboxylic acids is 1. The number of anilines is 3. The van der Waals surface area contributed by atoms with Crippen molar-refractivity contribution in [1.29, 1.82) is 0 Å². The molecular weight excluding hydrogens is 536 g/mol. The fourth-order valence-corrected chi connectivity index (χ4v) is 4.05. The Kier molecular flexibility index (Phi) is 4.64. The van der Waals surface area contributed by atoms with Crippen LogP contribution in [0.3, 0.4) is 0 Å². The molecule has 0 fully saturated rings. The number of halogens is 2. The highest BCUT2D eigenvalue weighted by Gasteiger charge is 2.20. The van der Waals surface area contributed by atoms with E-state index in [1.54, 1.807) is 0 Å². The van der Waals surface area contributed by atoms with Crippen LogP contribution in [0.25, 0.3) is 12.2 Å². The van der Waals surface area contributed by atoms with Crippen molar-refractivity contribution < 1.29 is 4.79 Å². The number of aldehydes is 1. The Morgan fingerprint density at radius 3 is 1.72 bits per heavy atom. The molecule has 0 radical (unpaired) electrons. The van der Waals surface area contributed by atoms with Gasteiger partial charge in [0.1, 0.15) is 6.29 Å². The topological polar surface area (TPSA) is 20.3 Å². The lowest BCUT2D eigenvalue weighted by Crippen LogP contribution is -2.12. The van der Waals surface area contributed by atoms with Crippen LogP contribution in [-0.2, 0) is 0 Å². The van der Waals surface area contributed by atoms with Crippen LogP contribution in [0.4, 0.5) is 17.1 Å². The molecule has 0 saturated carbocycles. The van der Waals surface area contributed by atoms with Gasteiger partial charge in [-0.3, -0.25) is 4.79 Å². The summed E-state index contributed by atoms with van der Waals surface area (Å²) in [5.41, 5.74) is 6.35. The van der Waals surface area contributed by atoms with Crippen molar-refractivity contribution in [2.75, 3.05) is 4.90 Å². The lowest BCUT2D eigenvalue weighted by atomic mass is 10.1. The van der Waals surface area contributed by atoms with Crippen LogP contribution in [0.2, 0.25) is 0 Å². The monoisotopic (exact) mass is 549 g/mol. The van der Waals surface area contributed by atoms with Gasteiger partial charge in [0.15, 0.2) is 0 Å². The quantitative estimate of drug-likeness (QED) is 0.206. The van der Waals surface area contributed by atoms with Gasteiger partial charge >= 0.3 is 0 Å². The first-order valence-corrected chi connectivity index (χ1v) is 9.94. The summed E-state index contributed by atoms with van der Waals surface area (Å²) < 4.78 is 2.41. The zero-order valence-electron chi connectivity index (χ0n) is 13.1. The highest BCUT2D eigenvalue weighted by atomic mass is 127. The second-order valence-corrected chi connectivity index (χ2v) is 8.28. The summed E-state index contributed by atoms with van der Waals surface area (Å²) >= 11 is 4.68. The van der Waals surface area contributed by atoms with E-state index in [-0.39, 0.29) is 0 Å². The van der Waals surface area contributed by atoms with Gasteiger partial charge in [-0.05, 0) is 117 Å². The fraction of sp³-hybridized carbons (Fsp3) is 0. The van der Waals surface area contributed by atoms with E-state index in [4.69, 9.17) is 0 Å². The Bertz CT molecular complexity index is 938. The van der Waals surface area contributed by atoms with Crippen LogP contribution in [0.1, 0.15) is 21.5 Å². The molecule has 1 aliphatic rings. The predicted molar refractivity (Wildman–Crippen MR) is 121 cm³/mol. The van der Waals surface area contributed by atoms with Crippen LogP contribution < -0.4 is 4.90 Å². The van der Waals surface area contributed by atoms with Crippen LogP contribution in [0.5, 0.6) is 0 Å². The number of carbonyl (C=O) groups is 1. The fourth-order valence-electron chi connectivity index (χ4n) is 3.01. The third-order valence-corrected chi connectivity index (χ3v) is 5.53. The normalized spacial score (nSPS) is 12.3. The maximum absolute atomic E-state index is 11.0. The highest BCUT2D eigenvalue weighted by molar-refractivity contribution is 14.1. The second kappa shape index (κ2) is 6.92. The molecule has 4 rings (SSSR count).